The van der Waals surface area contributed by atoms with Crippen LogP contribution in [0.25, 0.3) is 0 Å². The molecule has 0 N–H and O–H groups in total. The first-order chi connectivity index (χ1) is 10.8. The van der Waals surface area contributed by atoms with Crippen LogP contribution in [0.1, 0.15) is 11.3 Å². The summed E-state index contributed by atoms with van der Waals surface area (Å²) in [6.45, 7) is 0.406. The van der Waals surface area contributed by atoms with Gasteiger partial charge in [0.05, 0.1) is 6.34 Å². The number of aromatic nitrogens is 1. The third-order valence-corrected chi connectivity index (χ3v) is 4.23. The topological polar surface area (TPSA) is 78.5 Å². The van der Waals surface area contributed by atoms with Gasteiger partial charge in [0.15, 0.2) is 9.84 Å². The predicted octanol–water partition coefficient (Wildman–Crippen LogP) is 2.03. The van der Waals surface area contributed by atoms with Crippen LogP contribution < -0.4 is 0 Å². The third kappa shape index (κ3) is 3.99. The summed E-state index contributed by atoms with van der Waals surface area (Å²) in [7, 11) is 0.0592. The van der Waals surface area contributed by atoms with E-state index < -0.39 is 9.84 Å². The average molecular weight is 330 g/mol. The van der Waals surface area contributed by atoms with Gasteiger partial charge in [0.2, 0.25) is 0 Å². The number of nitrogens with zero attached hydrogens (tertiary/aromatic N) is 4. The Bertz CT molecular complexity index is 859. The molecule has 6 nitrogen and oxygen atoms in total. The van der Waals surface area contributed by atoms with Crippen LogP contribution in [0.15, 0.2) is 46.4 Å². The molecule has 0 unspecified atom stereocenters. The average Bonchev–Trinajstić information content (AvgIpc) is 2.83. The van der Waals surface area contributed by atoms with E-state index in [0.29, 0.717) is 6.54 Å². The highest BCUT2D eigenvalue weighted by atomic mass is 32.2. The monoisotopic (exact) mass is 330 g/mol. The van der Waals surface area contributed by atoms with Crippen LogP contribution >= 0.6 is 0 Å². The van der Waals surface area contributed by atoms with Crippen LogP contribution in [0.5, 0.6) is 0 Å². The van der Waals surface area contributed by atoms with Crippen molar-refractivity contribution in [1.29, 1.82) is 5.26 Å². The largest absolute Gasteiger partial charge is 0.369 e. The van der Waals surface area contributed by atoms with Crippen molar-refractivity contribution >= 4 is 21.9 Å². The fourth-order valence-electron chi connectivity index (χ4n) is 2.11. The van der Waals surface area contributed by atoms with Crippen molar-refractivity contribution in [2.75, 3.05) is 20.4 Å². The van der Waals surface area contributed by atoms with Crippen LogP contribution in [-0.2, 0) is 16.4 Å². The molecule has 0 aliphatic carbocycles. The molecule has 0 spiro atoms. The van der Waals surface area contributed by atoms with Gasteiger partial charge in [0, 0.05) is 33.1 Å². The van der Waals surface area contributed by atoms with Crippen molar-refractivity contribution < 1.29 is 8.42 Å². The van der Waals surface area contributed by atoms with Gasteiger partial charge in [-0.05, 0) is 5.56 Å². The molecule has 7 heteroatoms. The second-order valence-corrected chi connectivity index (χ2v) is 7.38. The molecule has 1 heterocycles. The minimum atomic E-state index is -3.49. The number of hydrogen-bond acceptors (Lipinski definition) is 4. The van der Waals surface area contributed by atoms with Crippen molar-refractivity contribution in [2.24, 2.45) is 4.99 Å². The van der Waals surface area contributed by atoms with Crippen molar-refractivity contribution in [3.8, 4) is 6.07 Å². The van der Waals surface area contributed by atoms with Gasteiger partial charge in [0.25, 0.3) is 0 Å². The zero-order valence-corrected chi connectivity index (χ0v) is 14.1. The highest BCUT2D eigenvalue weighted by Crippen LogP contribution is 2.30. The zero-order chi connectivity index (χ0) is 17.0. The fourth-order valence-corrected chi connectivity index (χ4v) is 2.93. The zero-order valence-electron chi connectivity index (χ0n) is 13.3. The number of rotatable bonds is 5. The van der Waals surface area contributed by atoms with Gasteiger partial charge in [-0.2, -0.15) is 5.26 Å². The lowest BCUT2D eigenvalue weighted by atomic mass is 10.2. The molecule has 0 aliphatic rings. The van der Waals surface area contributed by atoms with Gasteiger partial charge < -0.3 is 9.47 Å². The van der Waals surface area contributed by atoms with Crippen molar-refractivity contribution in [3.63, 3.8) is 0 Å². The van der Waals surface area contributed by atoms with Gasteiger partial charge in [-0.3, -0.25) is 0 Å². The first-order valence-corrected chi connectivity index (χ1v) is 8.80. The van der Waals surface area contributed by atoms with E-state index in [1.807, 2.05) is 30.3 Å². The number of aliphatic imine (C=N–C) groups is 1. The lowest BCUT2D eigenvalue weighted by molar-refractivity contribution is 0.601. The summed E-state index contributed by atoms with van der Waals surface area (Å²) >= 11 is 0. The van der Waals surface area contributed by atoms with Gasteiger partial charge in [-0.15, -0.1) is 0 Å². The quantitative estimate of drug-likeness (QED) is 0.621. The molecule has 0 amide bonds. The summed E-state index contributed by atoms with van der Waals surface area (Å²) < 4.78 is 25.7. The van der Waals surface area contributed by atoms with Crippen LogP contribution in [0.2, 0.25) is 0 Å². The molecule has 0 saturated carbocycles. The van der Waals surface area contributed by atoms with E-state index in [1.165, 1.54) is 12.5 Å². The summed E-state index contributed by atoms with van der Waals surface area (Å²) in [5, 5.41) is 9.47. The molecule has 2 aromatic rings. The molecule has 0 aliphatic heterocycles. The molecule has 0 atom stereocenters. The van der Waals surface area contributed by atoms with Crippen molar-refractivity contribution in [1.82, 2.24) is 9.47 Å². The molecular weight excluding hydrogens is 312 g/mol. The second-order valence-electron chi connectivity index (χ2n) is 5.40. The van der Waals surface area contributed by atoms with Crippen LogP contribution in [0.3, 0.4) is 0 Å². The highest BCUT2D eigenvalue weighted by molar-refractivity contribution is 7.90. The molecule has 0 fully saturated rings. The summed E-state index contributed by atoms with van der Waals surface area (Å²) in [5.41, 5.74) is 1.38. The van der Waals surface area contributed by atoms with Gasteiger partial charge in [0.1, 0.15) is 22.3 Å². The van der Waals surface area contributed by atoms with Gasteiger partial charge >= 0.3 is 0 Å². The van der Waals surface area contributed by atoms with E-state index in [9.17, 15) is 13.7 Å². The maximum Gasteiger partial charge on any atom is 0.179 e. The first-order valence-electron chi connectivity index (χ1n) is 6.90. The lowest BCUT2D eigenvalue weighted by Crippen LogP contribution is -2.07. The molecule has 2 rings (SSSR count). The summed E-state index contributed by atoms with van der Waals surface area (Å²) in [5.74, 6) is 0. The minimum Gasteiger partial charge on any atom is -0.369 e. The Hall–Kier alpha value is -2.59. The van der Waals surface area contributed by atoms with Gasteiger partial charge in [-0.25, -0.2) is 13.4 Å². The van der Waals surface area contributed by atoms with E-state index in [1.54, 1.807) is 23.6 Å². The SMILES string of the molecule is CN(C)C=Nc1c(S(C)(=O)=O)cn(Cc2ccccc2)c1C#N. The maximum atomic E-state index is 12.0. The summed E-state index contributed by atoms with van der Waals surface area (Å²) in [6.07, 6.45) is 4.08. The van der Waals surface area contributed by atoms with E-state index in [0.717, 1.165) is 11.8 Å². The Kier molecular flexibility index (Phi) is 4.86. The van der Waals surface area contributed by atoms with Crippen molar-refractivity contribution in [2.45, 2.75) is 11.4 Å². The van der Waals surface area contributed by atoms with E-state index >= 15 is 0 Å². The summed E-state index contributed by atoms with van der Waals surface area (Å²) in [4.78, 5) is 5.92. The number of sulfone groups is 1. The minimum absolute atomic E-state index is 0.0584. The van der Waals surface area contributed by atoms with Crippen LogP contribution in [0.4, 0.5) is 5.69 Å². The van der Waals surface area contributed by atoms with E-state index in [-0.39, 0.29) is 16.3 Å². The fraction of sp³-hybridized carbons (Fsp3) is 0.250. The lowest BCUT2D eigenvalue weighted by Gasteiger charge is -2.05. The standard InChI is InChI=1S/C16H18N4O2S/c1-19(2)12-18-16-14(9-17)20(11-15(16)23(3,21)22)10-13-7-5-4-6-8-13/h4-8,11-12H,10H2,1-3H3. The van der Waals surface area contributed by atoms with Crippen molar-refractivity contribution in [3.05, 3.63) is 47.8 Å². The van der Waals surface area contributed by atoms with Crippen LogP contribution in [-0.4, -0.2) is 44.6 Å². The Morgan fingerprint density at radius 2 is 1.96 bits per heavy atom. The molecule has 0 saturated heterocycles. The number of hydrogen-bond donors (Lipinski definition) is 0. The normalized spacial score (nSPS) is 11.6. The number of benzene rings is 1. The Balaban J connectivity index is 2.58. The Morgan fingerprint density at radius 3 is 2.48 bits per heavy atom. The Morgan fingerprint density at radius 1 is 1.30 bits per heavy atom. The molecule has 0 bridgehead atoms. The maximum absolute atomic E-state index is 12.0. The Labute approximate surface area is 136 Å². The second kappa shape index (κ2) is 6.67. The van der Waals surface area contributed by atoms with Gasteiger partial charge in [-0.1, -0.05) is 30.3 Å². The van der Waals surface area contributed by atoms with E-state index in [2.05, 4.69) is 11.1 Å². The number of nitriles is 1. The molecule has 1 aromatic heterocycles. The van der Waals surface area contributed by atoms with Crippen LogP contribution in [0, 0.1) is 11.3 Å². The molecule has 1 aromatic carbocycles. The summed E-state index contributed by atoms with van der Waals surface area (Å²) in [6, 6.07) is 11.6. The smallest absolute Gasteiger partial charge is 0.179 e. The van der Waals surface area contributed by atoms with E-state index in [4.69, 9.17) is 0 Å². The molecular formula is C16H18N4O2S. The first kappa shape index (κ1) is 16.8. The molecule has 23 heavy (non-hydrogen) atoms. The molecule has 120 valence electrons. The predicted molar refractivity (Wildman–Crippen MR) is 89.6 cm³/mol. The highest BCUT2D eigenvalue weighted by Gasteiger charge is 2.22. The molecule has 0 radical (unpaired) electrons. The third-order valence-electron chi connectivity index (χ3n) is 3.14.